The van der Waals surface area contributed by atoms with Crippen molar-refractivity contribution in [2.45, 2.75) is 25.5 Å². The predicted molar refractivity (Wildman–Crippen MR) is 62.8 cm³/mol. The molecule has 0 aliphatic carbocycles. The van der Waals surface area contributed by atoms with E-state index in [9.17, 15) is 0 Å². The zero-order chi connectivity index (χ0) is 10.2. The van der Waals surface area contributed by atoms with E-state index in [1.54, 1.807) is 11.3 Å². The van der Waals surface area contributed by atoms with Crippen molar-refractivity contribution in [2.24, 2.45) is 0 Å². The molecule has 14 heavy (non-hydrogen) atoms. The van der Waals surface area contributed by atoms with Crippen molar-refractivity contribution in [2.75, 3.05) is 13.2 Å². The first-order valence-electron chi connectivity index (χ1n) is 4.67. The van der Waals surface area contributed by atoms with E-state index in [-0.39, 0.29) is 11.6 Å². The van der Waals surface area contributed by atoms with Gasteiger partial charge in [0.15, 0.2) is 0 Å². The fourth-order valence-electron chi connectivity index (χ4n) is 1.47. The van der Waals surface area contributed by atoms with Crippen LogP contribution in [-0.2, 0) is 4.74 Å². The first-order valence-corrected chi connectivity index (χ1v) is 6.35. The van der Waals surface area contributed by atoms with Crippen LogP contribution in [-0.4, -0.2) is 18.7 Å². The van der Waals surface area contributed by atoms with E-state index in [1.807, 2.05) is 0 Å². The molecule has 2 nitrogen and oxygen atoms in total. The molecule has 2 heterocycles. The first-order chi connectivity index (χ1) is 6.57. The maximum Gasteiger partial charge on any atom is 0.104 e. The maximum atomic E-state index is 5.82. The quantitative estimate of drug-likeness (QED) is 0.851. The summed E-state index contributed by atoms with van der Waals surface area (Å²) in [6, 6.07) is 2.13. The van der Waals surface area contributed by atoms with E-state index in [2.05, 4.69) is 46.5 Å². The molecule has 4 heteroatoms. The van der Waals surface area contributed by atoms with Crippen LogP contribution in [0.25, 0.3) is 0 Å². The predicted octanol–water partition coefficient (Wildman–Crippen LogP) is 2.95. The number of halogens is 1. The molecule has 0 radical (unpaired) electrons. The maximum absolute atomic E-state index is 5.82. The molecule has 0 saturated carbocycles. The van der Waals surface area contributed by atoms with Crippen LogP contribution in [0.15, 0.2) is 15.9 Å². The van der Waals surface area contributed by atoms with Gasteiger partial charge in [-0.15, -0.1) is 11.3 Å². The van der Waals surface area contributed by atoms with Crippen molar-refractivity contribution < 1.29 is 4.74 Å². The van der Waals surface area contributed by atoms with E-state index in [4.69, 9.17) is 4.74 Å². The van der Waals surface area contributed by atoms with Crippen LogP contribution in [0.2, 0.25) is 0 Å². The summed E-state index contributed by atoms with van der Waals surface area (Å²) < 4.78 is 6.96. The second kappa shape index (κ2) is 3.93. The molecule has 78 valence electrons. The van der Waals surface area contributed by atoms with Gasteiger partial charge in [-0.25, -0.2) is 0 Å². The Bertz CT molecular complexity index is 314. The molecule has 0 spiro atoms. The average molecular weight is 276 g/mol. The Kier molecular flexibility index (Phi) is 2.98. The summed E-state index contributed by atoms with van der Waals surface area (Å²) in [5.41, 5.74) is 0.116. The topological polar surface area (TPSA) is 21.3 Å². The lowest BCUT2D eigenvalue weighted by atomic mass is 10.0. The fraction of sp³-hybridized carbons (Fsp3) is 0.600. The highest BCUT2D eigenvalue weighted by Crippen LogP contribution is 2.30. The van der Waals surface area contributed by atoms with Gasteiger partial charge >= 0.3 is 0 Å². The highest BCUT2D eigenvalue weighted by atomic mass is 79.9. The summed E-state index contributed by atoms with van der Waals surface area (Å²) in [4.78, 5) is 1.29. The summed E-state index contributed by atoms with van der Waals surface area (Å²) in [6.45, 7) is 5.99. The molecule has 1 saturated heterocycles. The summed E-state index contributed by atoms with van der Waals surface area (Å²) in [5, 5.41) is 5.58. The Labute approximate surface area is 96.8 Å². The molecule has 0 bridgehead atoms. The van der Waals surface area contributed by atoms with Crippen molar-refractivity contribution >= 4 is 27.3 Å². The van der Waals surface area contributed by atoms with Crippen molar-refractivity contribution in [3.63, 3.8) is 0 Å². The molecule has 2 rings (SSSR count). The van der Waals surface area contributed by atoms with Crippen molar-refractivity contribution in [1.29, 1.82) is 0 Å². The zero-order valence-electron chi connectivity index (χ0n) is 8.34. The van der Waals surface area contributed by atoms with Crippen LogP contribution in [0.1, 0.15) is 24.8 Å². The van der Waals surface area contributed by atoms with Gasteiger partial charge in [-0.1, -0.05) is 0 Å². The van der Waals surface area contributed by atoms with Gasteiger partial charge in [0.25, 0.3) is 0 Å². The van der Waals surface area contributed by atoms with Gasteiger partial charge in [0.2, 0.25) is 0 Å². The van der Waals surface area contributed by atoms with Crippen molar-refractivity contribution in [3.8, 4) is 0 Å². The Morgan fingerprint density at radius 2 is 2.43 bits per heavy atom. The summed E-state index contributed by atoms with van der Waals surface area (Å²) in [5.74, 6) is 0. The van der Waals surface area contributed by atoms with E-state index in [1.165, 1.54) is 4.88 Å². The Hall–Kier alpha value is 0.1000. The molecule has 1 aromatic heterocycles. The van der Waals surface area contributed by atoms with Gasteiger partial charge in [-0.2, -0.15) is 0 Å². The molecular weight excluding hydrogens is 262 g/mol. The van der Waals surface area contributed by atoms with E-state index >= 15 is 0 Å². The Balaban J connectivity index is 2.02. The number of thiophene rings is 1. The third-order valence-electron chi connectivity index (χ3n) is 2.32. The highest BCUT2D eigenvalue weighted by Gasteiger charge is 2.28. The van der Waals surface area contributed by atoms with Crippen LogP contribution in [0.3, 0.4) is 0 Å². The molecule has 1 fully saturated rings. The average Bonchev–Trinajstić information content (AvgIpc) is 2.52. The number of morpholine rings is 1. The van der Waals surface area contributed by atoms with Crippen LogP contribution < -0.4 is 5.32 Å². The third kappa shape index (κ3) is 2.37. The number of hydrogen-bond donors (Lipinski definition) is 1. The monoisotopic (exact) mass is 275 g/mol. The SMILES string of the molecule is CC1(C)COC(c2cc(Br)cs2)CN1. The van der Waals surface area contributed by atoms with Gasteiger partial charge in [0, 0.05) is 26.8 Å². The highest BCUT2D eigenvalue weighted by molar-refractivity contribution is 9.10. The van der Waals surface area contributed by atoms with Gasteiger partial charge in [0.1, 0.15) is 6.10 Å². The normalized spacial score (nSPS) is 26.4. The summed E-state index contributed by atoms with van der Waals surface area (Å²) in [6.07, 6.45) is 0.222. The molecule has 1 aromatic rings. The standard InChI is InChI=1S/C10H14BrNOS/c1-10(2)6-13-8(4-12-10)9-3-7(11)5-14-9/h3,5,8,12H,4,6H2,1-2H3. The Morgan fingerprint density at radius 3 is 2.93 bits per heavy atom. The molecule has 0 amide bonds. The van der Waals surface area contributed by atoms with Gasteiger partial charge in [-0.05, 0) is 35.8 Å². The van der Waals surface area contributed by atoms with E-state index in [0.717, 1.165) is 17.6 Å². The van der Waals surface area contributed by atoms with Gasteiger partial charge < -0.3 is 10.1 Å². The smallest absolute Gasteiger partial charge is 0.104 e. The molecule has 1 unspecified atom stereocenters. The second-order valence-corrected chi connectivity index (χ2v) is 6.09. The van der Waals surface area contributed by atoms with Crippen molar-refractivity contribution in [3.05, 3.63) is 20.8 Å². The fourth-order valence-corrected chi connectivity index (χ4v) is 2.96. The minimum atomic E-state index is 0.116. The first kappa shape index (κ1) is 10.6. The van der Waals surface area contributed by atoms with Gasteiger partial charge in [-0.3, -0.25) is 0 Å². The third-order valence-corrected chi connectivity index (χ3v) is 4.10. The largest absolute Gasteiger partial charge is 0.369 e. The molecule has 1 aliphatic rings. The zero-order valence-corrected chi connectivity index (χ0v) is 10.7. The minimum absolute atomic E-state index is 0.116. The van der Waals surface area contributed by atoms with Crippen LogP contribution in [0, 0.1) is 0 Å². The summed E-state index contributed by atoms with van der Waals surface area (Å²) >= 11 is 5.20. The molecular formula is C10H14BrNOS. The van der Waals surface area contributed by atoms with E-state index in [0.29, 0.717) is 0 Å². The lowest BCUT2D eigenvalue weighted by Crippen LogP contribution is -2.50. The van der Waals surface area contributed by atoms with Crippen LogP contribution >= 0.6 is 27.3 Å². The Morgan fingerprint density at radius 1 is 1.64 bits per heavy atom. The van der Waals surface area contributed by atoms with Crippen LogP contribution in [0.4, 0.5) is 0 Å². The summed E-state index contributed by atoms with van der Waals surface area (Å²) in [7, 11) is 0. The number of nitrogens with one attached hydrogen (secondary N) is 1. The number of hydrogen-bond acceptors (Lipinski definition) is 3. The molecule has 1 aliphatic heterocycles. The molecule has 0 aromatic carbocycles. The number of rotatable bonds is 1. The number of ether oxygens (including phenoxy) is 1. The molecule has 1 atom stereocenters. The van der Waals surface area contributed by atoms with Gasteiger partial charge in [0.05, 0.1) is 6.61 Å². The lowest BCUT2D eigenvalue weighted by Gasteiger charge is -2.35. The minimum Gasteiger partial charge on any atom is -0.369 e. The van der Waals surface area contributed by atoms with Crippen LogP contribution in [0.5, 0.6) is 0 Å². The molecule has 1 N–H and O–H groups in total. The lowest BCUT2D eigenvalue weighted by molar-refractivity contribution is -0.0211. The second-order valence-electron chi connectivity index (χ2n) is 4.23. The van der Waals surface area contributed by atoms with Crippen molar-refractivity contribution in [1.82, 2.24) is 5.32 Å². The van der Waals surface area contributed by atoms with E-state index < -0.39 is 0 Å².